The number of nitrogens with zero attached hydrogens (tertiary/aromatic N) is 2. The van der Waals surface area contributed by atoms with Crippen LogP contribution < -0.4 is 5.43 Å². The maximum absolute atomic E-state index is 11.9. The molecule has 2 heterocycles. The Hall–Kier alpha value is -2.44. The summed E-state index contributed by atoms with van der Waals surface area (Å²) in [6.07, 6.45) is 4.49. The van der Waals surface area contributed by atoms with Crippen molar-refractivity contribution in [2.45, 2.75) is 0 Å². The van der Waals surface area contributed by atoms with Crippen LogP contribution in [0.1, 0.15) is 16.1 Å². The third kappa shape index (κ3) is 4.10. The third-order valence-electron chi connectivity index (χ3n) is 3.08. The van der Waals surface area contributed by atoms with E-state index in [1.165, 1.54) is 12.4 Å². The number of hydrogen-bond donors (Lipinski definition) is 1. The lowest BCUT2D eigenvalue weighted by Crippen LogP contribution is -2.17. The van der Waals surface area contributed by atoms with Crippen molar-refractivity contribution in [1.29, 1.82) is 0 Å². The molecule has 3 rings (SSSR count). The summed E-state index contributed by atoms with van der Waals surface area (Å²) in [5.41, 5.74) is 3.73. The molecule has 0 aliphatic heterocycles. The van der Waals surface area contributed by atoms with Gasteiger partial charge in [-0.2, -0.15) is 5.10 Å². The zero-order valence-corrected chi connectivity index (χ0v) is 14.6. The number of carbonyl (C=O) groups excluding carboxylic acids is 1. The molecule has 0 bridgehead atoms. The molecule has 0 saturated heterocycles. The zero-order chi connectivity index (χ0) is 16.9. The van der Waals surface area contributed by atoms with Crippen LogP contribution >= 0.6 is 27.5 Å². The fraction of sp³-hybridized carbons (Fsp3) is 0. The van der Waals surface area contributed by atoms with Crippen LogP contribution in [0.3, 0.4) is 0 Å². The van der Waals surface area contributed by atoms with Gasteiger partial charge >= 0.3 is 0 Å². The van der Waals surface area contributed by atoms with E-state index in [1.54, 1.807) is 30.5 Å². The highest BCUT2D eigenvalue weighted by Crippen LogP contribution is 2.23. The highest BCUT2D eigenvalue weighted by atomic mass is 79.9. The lowest BCUT2D eigenvalue weighted by molar-refractivity contribution is 0.0954. The molecular formula is C17H11BrClN3O2. The number of halogens is 2. The second kappa shape index (κ2) is 7.42. The summed E-state index contributed by atoms with van der Waals surface area (Å²) in [6, 6.07) is 12.6. The number of carbonyl (C=O) groups is 1. The number of hydrazone groups is 1. The van der Waals surface area contributed by atoms with Gasteiger partial charge in [-0.3, -0.25) is 9.78 Å². The summed E-state index contributed by atoms with van der Waals surface area (Å²) in [5.74, 6) is 0.854. The molecule has 0 unspecified atom stereocenters. The molecule has 1 amide bonds. The SMILES string of the molecule is O=C(N/N=C\c1ccc(-c2ccc(Cl)cc2)o1)c1cncc(Br)c1. The Balaban J connectivity index is 1.65. The monoisotopic (exact) mass is 403 g/mol. The molecule has 5 nitrogen and oxygen atoms in total. The topological polar surface area (TPSA) is 67.5 Å². The van der Waals surface area contributed by atoms with Crippen molar-refractivity contribution in [2.75, 3.05) is 0 Å². The van der Waals surface area contributed by atoms with Crippen molar-refractivity contribution in [3.8, 4) is 11.3 Å². The Kier molecular flexibility index (Phi) is 5.08. The smallest absolute Gasteiger partial charge is 0.272 e. The molecule has 0 fully saturated rings. The molecule has 24 heavy (non-hydrogen) atoms. The Bertz CT molecular complexity index is 891. The summed E-state index contributed by atoms with van der Waals surface area (Å²) < 4.78 is 6.37. The van der Waals surface area contributed by atoms with Gasteiger partial charge in [0.2, 0.25) is 0 Å². The van der Waals surface area contributed by atoms with Gasteiger partial charge in [0.05, 0.1) is 11.8 Å². The van der Waals surface area contributed by atoms with Crippen molar-refractivity contribution in [2.24, 2.45) is 5.10 Å². The fourth-order valence-corrected chi connectivity index (χ4v) is 2.44. The molecule has 1 N–H and O–H groups in total. The maximum Gasteiger partial charge on any atom is 0.272 e. The Labute approximate surface area is 151 Å². The van der Waals surface area contributed by atoms with Gasteiger partial charge in [-0.25, -0.2) is 5.43 Å². The largest absolute Gasteiger partial charge is 0.455 e. The van der Waals surface area contributed by atoms with Gasteiger partial charge in [0, 0.05) is 27.5 Å². The van der Waals surface area contributed by atoms with Gasteiger partial charge in [-0.15, -0.1) is 0 Å². The van der Waals surface area contributed by atoms with Crippen LogP contribution in [0.25, 0.3) is 11.3 Å². The third-order valence-corrected chi connectivity index (χ3v) is 3.77. The molecule has 1 aromatic carbocycles. The highest BCUT2D eigenvalue weighted by Gasteiger charge is 2.06. The van der Waals surface area contributed by atoms with Crippen LogP contribution in [-0.4, -0.2) is 17.1 Å². The van der Waals surface area contributed by atoms with E-state index in [9.17, 15) is 4.79 Å². The molecular weight excluding hydrogens is 394 g/mol. The van der Waals surface area contributed by atoms with E-state index in [1.807, 2.05) is 18.2 Å². The van der Waals surface area contributed by atoms with Gasteiger partial charge in [-0.1, -0.05) is 11.6 Å². The molecule has 0 saturated carbocycles. The molecule has 7 heteroatoms. The van der Waals surface area contributed by atoms with Gasteiger partial charge in [0.15, 0.2) is 0 Å². The van der Waals surface area contributed by atoms with Gasteiger partial charge in [-0.05, 0) is 58.4 Å². The van der Waals surface area contributed by atoms with E-state index in [-0.39, 0.29) is 5.91 Å². The highest BCUT2D eigenvalue weighted by molar-refractivity contribution is 9.10. The standard InChI is InChI=1S/C17H11BrClN3O2/c18-13-7-12(8-20-9-13)17(23)22-21-10-15-5-6-16(24-15)11-1-3-14(19)4-2-11/h1-10H,(H,22,23)/b21-10-. The van der Waals surface area contributed by atoms with Crippen LogP contribution in [0.5, 0.6) is 0 Å². The molecule has 0 atom stereocenters. The number of rotatable bonds is 4. The van der Waals surface area contributed by atoms with Crippen LogP contribution in [-0.2, 0) is 0 Å². The first-order chi connectivity index (χ1) is 11.6. The first-order valence-corrected chi connectivity index (χ1v) is 8.08. The zero-order valence-electron chi connectivity index (χ0n) is 12.2. The Morgan fingerprint density at radius 1 is 1.21 bits per heavy atom. The van der Waals surface area contributed by atoms with Crippen LogP contribution in [0.4, 0.5) is 0 Å². The predicted molar refractivity (Wildman–Crippen MR) is 96.2 cm³/mol. The van der Waals surface area contributed by atoms with Crippen molar-refractivity contribution < 1.29 is 9.21 Å². The van der Waals surface area contributed by atoms with E-state index in [2.05, 4.69) is 31.4 Å². The molecule has 0 spiro atoms. The second-order valence-electron chi connectivity index (χ2n) is 4.80. The normalized spacial score (nSPS) is 10.9. The summed E-state index contributed by atoms with van der Waals surface area (Å²) >= 11 is 9.12. The van der Waals surface area contributed by atoms with Gasteiger partial charge in [0.25, 0.3) is 5.91 Å². The van der Waals surface area contributed by atoms with Crippen molar-refractivity contribution in [3.63, 3.8) is 0 Å². The van der Waals surface area contributed by atoms with Crippen molar-refractivity contribution in [3.05, 3.63) is 75.7 Å². The summed E-state index contributed by atoms with van der Waals surface area (Å²) in [6.45, 7) is 0. The Morgan fingerprint density at radius 3 is 2.75 bits per heavy atom. The fourth-order valence-electron chi connectivity index (χ4n) is 1.95. The molecule has 0 aliphatic carbocycles. The average molecular weight is 405 g/mol. The Morgan fingerprint density at radius 2 is 2.00 bits per heavy atom. The number of furan rings is 1. The van der Waals surface area contributed by atoms with E-state index in [0.717, 1.165) is 10.0 Å². The number of amides is 1. The van der Waals surface area contributed by atoms with Crippen LogP contribution in [0.2, 0.25) is 5.02 Å². The maximum atomic E-state index is 11.9. The number of aromatic nitrogens is 1. The molecule has 0 radical (unpaired) electrons. The number of pyridine rings is 1. The minimum absolute atomic E-state index is 0.357. The lowest BCUT2D eigenvalue weighted by Gasteiger charge is -1.99. The lowest BCUT2D eigenvalue weighted by atomic mass is 10.2. The first kappa shape index (κ1) is 16.4. The quantitative estimate of drug-likeness (QED) is 0.513. The first-order valence-electron chi connectivity index (χ1n) is 6.91. The van der Waals surface area contributed by atoms with Crippen LogP contribution in [0.15, 0.2) is 68.8 Å². The van der Waals surface area contributed by atoms with Crippen molar-refractivity contribution in [1.82, 2.24) is 10.4 Å². The van der Waals surface area contributed by atoms with E-state index < -0.39 is 0 Å². The van der Waals surface area contributed by atoms with Crippen LogP contribution in [0, 0.1) is 0 Å². The van der Waals surface area contributed by atoms with E-state index >= 15 is 0 Å². The minimum Gasteiger partial charge on any atom is -0.455 e. The number of hydrogen-bond acceptors (Lipinski definition) is 4. The molecule has 0 aliphatic rings. The second-order valence-corrected chi connectivity index (χ2v) is 6.15. The average Bonchev–Trinajstić information content (AvgIpc) is 3.04. The van der Waals surface area contributed by atoms with Crippen molar-refractivity contribution >= 4 is 39.7 Å². The van der Waals surface area contributed by atoms with E-state index in [0.29, 0.717) is 22.1 Å². The summed E-state index contributed by atoms with van der Waals surface area (Å²) in [4.78, 5) is 15.8. The van der Waals surface area contributed by atoms with Gasteiger partial charge < -0.3 is 4.42 Å². The molecule has 3 aromatic rings. The molecule has 120 valence electrons. The summed E-state index contributed by atoms with van der Waals surface area (Å²) in [7, 11) is 0. The minimum atomic E-state index is -0.357. The van der Waals surface area contributed by atoms with Gasteiger partial charge in [0.1, 0.15) is 11.5 Å². The predicted octanol–water partition coefficient (Wildman–Crippen LogP) is 4.52. The number of benzene rings is 1. The van der Waals surface area contributed by atoms with E-state index in [4.69, 9.17) is 16.0 Å². The number of nitrogens with one attached hydrogen (secondary N) is 1. The molecule has 2 aromatic heterocycles. The summed E-state index contributed by atoms with van der Waals surface area (Å²) in [5, 5.41) is 4.55.